The van der Waals surface area contributed by atoms with Crippen LogP contribution in [-0.2, 0) is 16.0 Å². The lowest BCUT2D eigenvalue weighted by molar-refractivity contribution is -0.124. The van der Waals surface area contributed by atoms with Gasteiger partial charge in [0.15, 0.2) is 29.6 Å². The number of hydrogen-bond acceptors (Lipinski definition) is 7. The lowest BCUT2D eigenvalue weighted by Crippen LogP contribution is -2.30. The first-order chi connectivity index (χ1) is 14.0. The van der Waals surface area contributed by atoms with Gasteiger partial charge < -0.3 is 29.0 Å². The zero-order valence-electron chi connectivity index (χ0n) is 16.9. The molecule has 8 nitrogen and oxygen atoms in total. The minimum atomic E-state index is -0.624. The van der Waals surface area contributed by atoms with Crippen molar-refractivity contribution in [2.45, 2.75) is 6.42 Å². The van der Waals surface area contributed by atoms with Gasteiger partial charge in [-0.1, -0.05) is 6.07 Å². The summed E-state index contributed by atoms with van der Waals surface area (Å²) in [6.45, 7) is 0.0152. The molecule has 0 fully saturated rings. The fraction of sp³-hybridized carbons (Fsp3) is 0.333. The van der Waals surface area contributed by atoms with Crippen LogP contribution in [0.15, 0.2) is 36.4 Å². The Kier molecular flexibility index (Phi) is 8.14. The van der Waals surface area contributed by atoms with Crippen LogP contribution in [0.1, 0.15) is 15.9 Å². The molecule has 8 heteroatoms. The molecule has 0 bridgehead atoms. The van der Waals surface area contributed by atoms with E-state index in [0.717, 1.165) is 5.56 Å². The molecule has 2 rings (SSSR count). The molecule has 0 aliphatic heterocycles. The van der Waals surface area contributed by atoms with E-state index < -0.39 is 5.97 Å². The molecular weight excluding hydrogens is 378 g/mol. The summed E-state index contributed by atoms with van der Waals surface area (Å²) in [7, 11) is 6.11. The van der Waals surface area contributed by atoms with Crippen molar-refractivity contribution in [1.29, 1.82) is 0 Å². The van der Waals surface area contributed by atoms with Crippen molar-refractivity contribution in [2.75, 3.05) is 41.6 Å². The van der Waals surface area contributed by atoms with Gasteiger partial charge in [0.1, 0.15) is 0 Å². The molecule has 0 unspecified atom stereocenters. The van der Waals surface area contributed by atoms with Gasteiger partial charge in [0.05, 0.1) is 34.0 Å². The minimum Gasteiger partial charge on any atom is -0.493 e. The number of nitrogens with one attached hydrogen (secondary N) is 1. The number of benzene rings is 2. The zero-order valence-corrected chi connectivity index (χ0v) is 16.9. The van der Waals surface area contributed by atoms with Crippen molar-refractivity contribution in [3.63, 3.8) is 0 Å². The molecule has 2 aromatic rings. The third kappa shape index (κ3) is 6.03. The molecule has 1 N–H and O–H groups in total. The second kappa shape index (κ2) is 10.8. The first kappa shape index (κ1) is 21.9. The highest BCUT2D eigenvalue weighted by molar-refractivity contribution is 5.92. The summed E-state index contributed by atoms with van der Waals surface area (Å²) in [6, 6.07) is 10.2. The van der Waals surface area contributed by atoms with E-state index in [2.05, 4.69) is 5.32 Å². The predicted octanol–water partition coefficient (Wildman–Crippen LogP) is 2.24. The lowest BCUT2D eigenvalue weighted by Gasteiger charge is -2.11. The maximum atomic E-state index is 12.1. The first-order valence-electron chi connectivity index (χ1n) is 8.89. The maximum absolute atomic E-state index is 12.1. The van der Waals surface area contributed by atoms with Crippen molar-refractivity contribution in [3.8, 4) is 23.0 Å². The third-order valence-electron chi connectivity index (χ3n) is 4.14. The van der Waals surface area contributed by atoms with Gasteiger partial charge in [-0.05, 0) is 42.3 Å². The van der Waals surface area contributed by atoms with Crippen molar-refractivity contribution in [1.82, 2.24) is 5.32 Å². The number of rotatable bonds is 10. The van der Waals surface area contributed by atoms with Gasteiger partial charge in [-0.15, -0.1) is 0 Å². The molecule has 1 amide bonds. The van der Waals surface area contributed by atoms with Crippen LogP contribution in [0.2, 0.25) is 0 Å². The molecule has 0 saturated heterocycles. The Balaban J connectivity index is 1.80. The fourth-order valence-corrected chi connectivity index (χ4v) is 2.61. The number of amides is 1. The quantitative estimate of drug-likeness (QED) is 0.608. The summed E-state index contributed by atoms with van der Waals surface area (Å²) in [4.78, 5) is 24.1. The number of ether oxygens (including phenoxy) is 5. The summed E-state index contributed by atoms with van der Waals surface area (Å²) in [5.41, 5.74) is 1.24. The molecule has 156 valence electrons. The van der Waals surface area contributed by atoms with Gasteiger partial charge in [-0.25, -0.2) is 4.79 Å². The number of hydrogen-bond donors (Lipinski definition) is 1. The Labute approximate surface area is 169 Å². The van der Waals surface area contributed by atoms with E-state index in [-0.39, 0.29) is 18.1 Å². The topological polar surface area (TPSA) is 92.3 Å². The standard InChI is InChI=1S/C21H25NO7/c1-25-16-7-5-14(11-18(16)27-3)9-10-22-20(23)13-29-21(24)15-6-8-17(26-2)19(12-15)28-4/h5-8,11-12H,9-10,13H2,1-4H3,(H,22,23). The molecule has 0 saturated carbocycles. The molecule has 0 aliphatic rings. The Bertz CT molecular complexity index is 851. The van der Waals surface area contributed by atoms with Crippen molar-refractivity contribution >= 4 is 11.9 Å². The number of methoxy groups -OCH3 is 4. The summed E-state index contributed by atoms with van der Waals surface area (Å²) >= 11 is 0. The van der Waals surface area contributed by atoms with Crippen LogP contribution in [0.25, 0.3) is 0 Å². The molecular formula is C21H25NO7. The number of esters is 1. The first-order valence-corrected chi connectivity index (χ1v) is 8.89. The Morgan fingerprint density at radius 2 is 1.38 bits per heavy atom. The van der Waals surface area contributed by atoms with Crippen LogP contribution in [0, 0.1) is 0 Å². The predicted molar refractivity (Wildman–Crippen MR) is 106 cm³/mol. The smallest absolute Gasteiger partial charge is 0.338 e. The van der Waals surface area contributed by atoms with E-state index >= 15 is 0 Å². The summed E-state index contributed by atoms with van der Waals surface area (Å²) in [6.07, 6.45) is 0.593. The van der Waals surface area contributed by atoms with Crippen LogP contribution in [-0.4, -0.2) is 53.5 Å². The van der Waals surface area contributed by atoms with E-state index in [4.69, 9.17) is 23.7 Å². The highest BCUT2D eigenvalue weighted by Crippen LogP contribution is 2.28. The van der Waals surface area contributed by atoms with Crippen LogP contribution in [0.3, 0.4) is 0 Å². The molecule has 2 aromatic carbocycles. The van der Waals surface area contributed by atoms with Gasteiger partial charge in [0, 0.05) is 6.54 Å². The van der Waals surface area contributed by atoms with Gasteiger partial charge >= 0.3 is 5.97 Å². The summed E-state index contributed by atoms with van der Waals surface area (Å²) in [5, 5.41) is 2.71. The van der Waals surface area contributed by atoms with Gasteiger partial charge in [-0.3, -0.25) is 4.79 Å². The highest BCUT2D eigenvalue weighted by Gasteiger charge is 2.13. The lowest BCUT2D eigenvalue weighted by atomic mass is 10.1. The minimum absolute atomic E-state index is 0.265. The van der Waals surface area contributed by atoms with Crippen LogP contribution < -0.4 is 24.3 Å². The normalized spacial score (nSPS) is 10.1. The van der Waals surface area contributed by atoms with Crippen molar-refractivity contribution < 1.29 is 33.3 Å². The monoisotopic (exact) mass is 403 g/mol. The van der Waals surface area contributed by atoms with Crippen molar-refractivity contribution in [3.05, 3.63) is 47.5 Å². The van der Waals surface area contributed by atoms with E-state index in [1.54, 1.807) is 32.4 Å². The van der Waals surface area contributed by atoms with E-state index in [0.29, 0.717) is 36.0 Å². The average molecular weight is 403 g/mol. The Hall–Kier alpha value is -3.42. The highest BCUT2D eigenvalue weighted by atomic mass is 16.5. The van der Waals surface area contributed by atoms with E-state index in [9.17, 15) is 9.59 Å². The Morgan fingerprint density at radius 3 is 2.00 bits per heavy atom. The largest absolute Gasteiger partial charge is 0.493 e. The fourth-order valence-electron chi connectivity index (χ4n) is 2.61. The molecule has 0 spiro atoms. The zero-order chi connectivity index (χ0) is 21.2. The van der Waals surface area contributed by atoms with Gasteiger partial charge in [0.25, 0.3) is 5.91 Å². The molecule has 0 heterocycles. The number of carbonyl (C=O) groups excluding carboxylic acids is 2. The van der Waals surface area contributed by atoms with Crippen LogP contribution in [0.4, 0.5) is 0 Å². The third-order valence-corrected chi connectivity index (χ3v) is 4.14. The Morgan fingerprint density at radius 1 is 0.793 bits per heavy atom. The molecule has 0 aliphatic carbocycles. The average Bonchev–Trinajstić information content (AvgIpc) is 2.76. The van der Waals surface area contributed by atoms with Gasteiger partial charge in [0.2, 0.25) is 0 Å². The molecule has 29 heavy (non-hydrogen) atoms. The number of carbonyl (C=O) groups is 2. The van der Waals surface area contributed by atoms with E-state index in [1.807, 2.05) is 12.1 Å². The summed E-state index contributed by atoms with van der Waals surface area (Å²) in [5.74, 6) is 1.15. The summed E-state index contributed by atoms with van der Waals surface area (Å²) < 4.78 is 25.8. The van der Waals surface area contributed by atoms with E-state index in [1.165, 1.54) is 20.3 Å². The molecule has 0 atom stereocenters. The molecule has 0 aromatic heterocycles. The van der Waals surface area contributed by atoms with Crippen molar-refractivity contribution in [2.24, 2.45) is 0 Å². The van der Waals surface area contributed by atoms with Gasteiger partial charge in [-0.2, -0.15) is 0 Å². The second-order valence-electron chi connectivity index (χ2n) is 5.94. The van der Waals surface area contributed by atoms with Crippen LogP contribution >= 0.6 is 0 Å². The second-order valence-corrected chi connectivity index (χ2v) is 5.94. The maximum Gasteiger partial charge on any atom is 0.338 e. The molecule has 0 radical (unpaired) electrons. The SMILES string of the molecule is COc1ccc(CCNC(=O)COC(=O)c2ccc(OC)c(OC)c2)cc1OC. The van der Waals surface area contributed by atoms with Crippen LogP contribution in [0.5, 0.6) is 23.0 Å².